The summed E-state index contributed by atoms with van der Waals surface area (Å²) in [5, 5.41) is 16.8. The van der Waals surface area contributed by atoms with Crippen LogP contribution < -0.4 is 5.84 Å². The van der Waals surface area contributed by atoms with Gasteiger partial charge in [0, 0.05) is 10.8 Å². The molecule has 0 atom stereocenters. The molecule has 2 N–H and O–H groups in total. The molecule has 0 spiro atoms. The van der Waals surface area contributed by atoms with Gasteiger partial charge in [-0.3, -0.25) is 0 Å². The molecule has 0 saturated heterocycles. The van der Waals surface area contributed by atoms with Crippen LogP contribution in [0.15, 0.2) is 26.5 Å². The first-order valence-corrected chi connectivity index (χ1v) is 8.57. The molecule has 0 aromatic carbocycles. The van der Waals surface area contributed by atoms with E-state index >= 15 is 0 Å². The molecule has 0 aliphatic heterocycles. The van der Waals surface area contributed by atoms with Gasteiger partial charge in [-0.2, -0.15) is 16.3 Å². The van der Waals surface area contributed by atoms with E-state index in [1.165, 1.54) is 16.4 Å². The zero-order valence-electron chi connectivity index (χ0n) is 12.5. The smallest absolute Gasteiger partial charge is 0.258 e. The molecule has 9 heteroatoms. The summed E-state index contributed by atoms with van der Waals surface area (Å²) in [5.74, 6) is 8.44. The normalized spacial score (nSPS) is 12.0. The van der Waals surface area contributed by atoms with Crippen molar-refractivity contribution in [2.75, 3.05) is 5.84 Å². The summed E-state index contributed by atoms with van der Waals surface area (Å²) in [6.45, 7) is 6.13. The fourth-order valence-electron chi connectivity index (χ4n) is 1.83. The van der Waals surface area contributed by atoms with E-state index in [0.29, 0.717) is 22.6 Å². The molecule has 0 bridgehead atoms. The molecule has 0 fully saturated rings. The van der Waals surface area contributed by atoms with E-state index in [9.17, 15) is 0 Å². The summed E-state index contributed by atoms with van der Waals surface area (Å²) >= 11 is 3.02. The van der Waals surface area contributed by atoms with Crippen LogP contribution in [0, 0.1) is 0 Å². The summed E-state index contributed by atoms with van der Waals surface area (Å²) in [4.78, 5) is 4.36. The summed E-state index contributed by atoms with van der Waals surface area (Å²) in [7, 11) is 0. The van der Waals surface area contributed by atoms with Crippen LogP contribution in [0.1, 0.15) is 32.4 Å². The van der Waals surface area contributed by atoms with E-state index in [4.69, 9.17) is 10.4 Å². The number of hydrogen-bond donors (Lipinski definition) is 1. The predicted octanol–water partition coefficient (Wildman–Crippen LogP) is 2.69. The SMILES string of the molecule is CC(C)(C)c1nnc(SCc2noc(-c3ccsc3)n2)n1N. The summed E-state index contributed by atoms with van der Waals surface area (Å²) in [6, 6.07) is 1.95. The van der Waals surface area contributed by atoms with Crippen molar-refractivity contribution in [3.63, 3.8) is 0 Å². The third-order valence-electron chi connectivity index (χ3n) is 2.90. The van der Waals surface area contributed by atoms with E-state index < -0.39 is 0 Å². The topological polar surface area (TPSA) is 95.6 Å². The number of thioether (sulfide) groups is 1. The van der Waals surface area contributed by atoms with E-state index in [0.717, 1.165) is 11.4 Å². The Morgan fingerprint density at radius 3 is 2.82 bits per heavy atom. The van der Waals surface area contributed by atoms with Gasteiger partial charge in [0.05, 0.1) is 11.3 Å². The number of nitrogens with zero attached hydrogens (tertiary/aromatic N) is 5. The first-order valence-electron chi connectivity index (χ1n) is 6.64. The minimum absolute atomic E-state index is 0.154. The monoisotopic (exact) mass is 336 g/mol. The fourth-order valence-corrected chi connectivity index (χ4v) is 3.16. The highest BCUT2D eigenvalue weighted by Gasteiger charge is 2.23. The van der Waals surface area contributed by atoms with E-state index in [1.54, 1.807) is 11.3 Å². The molecule has 0 radical (unpaired) electrons. The van der Waals surface area contributed by atoms with Crippen LogP contribution >= 0.6 is 23.1 Å². The molecule has 7 nitrogen and oxygen atoms in total. The van der Waals surface area contributed by atoms with Crippen molar-refractivity contribution in [3.05, 3.63) is 28.5 Å². The number of nitrogens with two attached hydrogens (primary N) is 1. The number of hydrogen-bond acceptors (Lipinski definition) is 8. The first kappa shape index (κ1) is 15.0. The highest BCUT2D eigenvalue weighted by Crippen LogP contribution is 2.26. The van der Waals surface area contributed by atoms with Crippen molar-refractivity contribution in [1.29, 1.82) is 0 Å². The van der Waals surface area contributed by atoms with Gasteiger partial charge in [-0.15, -0.1) is 10.2 Å². The largest absolute Gasteiger partial charge is 0.336 e. The van der Waals surface area contributed by atoms with Crippen LogP contribution in [-0.2, 0) is 11.2 Å². The van der Waals surface area contributed by atoms with Gasteiger partial charge in [0.1, 0.15) is 0 Å². The third-order valence-corrected chi connectivity index (χ3v) is 4.52. The van der Waals surface area contributed by atoms with Gasteiger partial charge in [-0.1, -0.05) is 37.7 Å². The number of aromatic nitrogens is 5. The lowest BCUT2D eigenvalue weighted by Gasteiger charge is -2.16. The molecular weight excluding hydrogens is 320 g/mol. The summed E-state index contributed by atoms with van der Waals surface area (Å²) < 4.78 is 6.76. The van der Waals surface area contributed by atoms with Gasteiger partial charge < -0.3 is 10.4 Å². The van der Waals surface area contributed by atoms with Gasteiger partial charge in [0.15, 0.2) is 11.6 Å². The van der Waals surface area contributed by atoms with Gasteiger partial charge in [-0.05, 0) is 11.4 Å². The first-order chi connectivity index (χ1) is 10.4. The van der Waals surface area contributed by atoms with Gasteiger partial charge in [0.25, 0.3) is 5.89 Å². The molecule has 3 rings (SSSR count). The van der Waals surface area contributed by atoms with Crippen LogP contribution in [-0.4, -0.2) is 25.0 Å². The summed E-state index contributed by atoms with van der Waals surface area (Å²) in [6.07, 6.45) is 0. The Kier molecular flexibility index (Phi) is 3.92. The average molecular weight is 336 g/mol. The highest BCUT2D eigenvalue weighted by atomic mass is 32.2. The van der Waals surface area contributed by atoms with E-state index in [1.807, 2.05) is 37.6 Å². The maximum absolute atomic E-state index is 6.04. The van der Waals surface area contributed by atoms with Crippen molar-refractivity contribution >= 4 is 23.1 Å². The average Bonchev–Trinajstić information content (AvgIpc) is 3.16. The second-order valence-electron chi connectivity index (χ2n) is 5.74. The quantitative estimate of drug-likeness (QED) is 0.578. The van der Waals surface area contributed by atoms with Crippen LogP contribution in [0.4, 0.5) is 0 Å². The molecule has 0 amide bonds. The second kappa shape index (κ2) is 5.73. The molecule has 0 unspecified atom stereocenters. The molecule has 22 heavy (non-hydrogen) atoms. The Labute approximate surface area is 135 Å². The molecule has 0 aliphatic carbocycles. The Morgan fingerprint density at radius 1 is 1.36 bits per heavy atom. The summed E-state index contributed by atoms with van der Waals surface area (Å²) in [5.41, 5.74) is 0.782. The lowest BCUT2D eigenvalue weighted by molar-refractivity contribution is 0.425. The standard InChI is InChI=1S/C13H16N6OS2/c1-13(2,3)11-16-17-12(19(11)14)22-7-9-15-10(20-18-9)8-4-5-21-6-8/h4-6H,7,14H2,1-3H3. The van der Waals surface area contributed by atoms with Crippen molar-refractivity contribution in [1.82, 2.24) is 25.0 Å². The highest BCUT2D eigenvalue weighted by molar-refractivity contribution is 7.98. The minimum atomic E-state index is -0.154. The lowest BCUT2D eigenvalue weighted by Crippen LogP contribution is -2.24. The number of nitrogen functional groups attached to an aromatic ring is 1. The van der Waals surface area contributed by atoms with E-state index in [-0.39, 0.29) is 5.41 Å². The molecule has 0 aliphatic rings. The zero-order chi connectivity index (χ0) is 15.7. The zero-order valence-corrected chi connectivity index (χ0v) is 14.1. The molecule has 0 saturated carbocycles. The Balaban J connectivity index is 1.70. The Hall–Kier alpha value is -1.87. The van der Waals surface area contributed by atoms with Crippen molar-refractivity contribution in [3.8, 4) is 11.5 Å². The van der Waals surface area contributed by atoms with Gasteiger partial charge in [0.2, 0.25) is 5.16 Å². The van der Waals surface area contributed by atoms with Crippen LogP contribution in [0.2, 0.25) is 0 Å². The maximum atomic E-state index is 6.04. The van der Waals surface area contributed by atoms with E-state index in [2.05, 4.69) is 20.3 Å². The van der Waals surface area contributed by atoms with Crippen LogP contribution in [0.25, 0.3) is 11.5 Å². The lowest BCUT2D eigenvalue weighted by atomic mass is 9.96. The van der Waals surface area contributed by atoms with Crippen molar-refractivity contribution in [2.45, 2.75) is 37.1 Å². The fraction of sp³-hybridized carbons (Fsp3) is 0.385. The molecule has 3 aromatic heterocycles. The van der Waals surface area contributed by atoms with Gasteiger partial charge in [-0.25, -0.2) is 4.68 Å². The molecule has 3 heterocycles. The predicted molar refractivity (Wildman–Crippen MR) is 86.0 cm³/mol. The van der Waals surface area contributed by atoms with Crippen LogP contribution in [0.3, 0.4) is 0 Å². The van der Waals surface area contributed by atoms with Crippen molar-refractivity contribution in [2.24, 2.45) is 0 Å². The third kappa shape index (κ3) is 3.00. The van der Waals surface area contributed by atoms with Gasteiger partial charge >= 0.3 is 0 Å². The molecule has 3 aromatic rings. The number of thiophene rings is 1. The minimum Gasteiger partial charge on any atom is -0.336 e. The molecular formula is C13H16N6OS2. The van der Waals surface area contributed by atoms with Crippen LogP contribution in [0.5, 0.6) is 0 Å². The Bertz CT molecular complexity index is 756. The number of rotatable bonds is 4. The van der Waals surface area contributed by atoms with Crippen molar-refractivity contribution < 1.29 is 4.52 Å². The second-order valence-corrected chi connectivity index (χ2v) is 7.47. The maximum Gasteiger partial charge on any atom is 0.258 e. The Morgan fingerprint density at radius 2 is 2.18 bits per heavy atom. The molecule has 116 valence electrons.